The van der Waals surface area contributed by atoms with Crippen molar-refractivity contribution in [2.75, 3.05) is 13.1 Å². The summed E-state index contributed by atoms with van der Waals surface area (Å²) >= 11 is 1.58. The van der Waals surface area contributed by atoms with E-state index in [2.05, 4.69) is 15.6 Å². The Labute approximate surface area is 94.1 Å². The monoisotopic (exact) mass is 227 g/mol. The number of carbonyl (C=O) groups excluding carboxylic acids is 1. The van der Waals surface area contributed by atoms with Gasteiger partial charge in [0.1, 0.15) is 0 Å². The molecule has 5 heteroatoms. The average Bonchev–Trinajstić information content (AvgIpc) is 2.67. The summed E-state index contributed by atoms with van der Waals surface area (Å²) in [5.41, 5.74) is 2.84. The van der Waals surface area contributed by atoms with Crippen molar-refractivity contribution >= 4 is 17.2 Å². The maximum atomic E-state index is 11.3. The van der Waals surface area contributed by atoms with Gasteiger partial charge in [-0.15, -0.1) is 11.3 Å². The third-order valence-corrected chi connectivity index (χ3v) is 2.49. The topological polar surface area (TPSA) is 54.0 Å². The molecular formula is C10H17N3OS. The molecule has 0 bridgehead atoms. The molecule has 1 amide bonds. The number of hydrogen-bond acceptors (Lipinski definition) is 4. The summed E-state index contributed by atoms with van der Waals surface area (Å²) in [5, 5.41) is 7.90. The van der Waals surface area contributed by atoms with Gasteiger partial charge in [-0.1, -0.05) is 13.8 Å². The molecule has 0 spiro atoms. The lowest BCUT2D eigenvalue weighted by molar-refractivity contribution is -0.120. The Morgan fingerprint density at radius 2 is 2.40 bits per heavy atom. The van der Waals surface area contributed by atoms with Crippen molar-refractivity contribution in [3.63, 3.8) is 0 Å². The zero-order chi connectivity index (χ0) is 11.1. The van der Waals surface area contributed by atoms with Crippen LogP contribution in [0.3, 0.4) is 0 Å². The fourth-order valence-electron chi connectivity index (χ4n) is 1.05. The van der Waals surface area contributed by atoms with Crippen LogP contribution in [0.4, 0.5) is 0 Å². The maximum absolute atomic E-state index is 11.3. The lowest BCUT2D eigenvalue weighted by Gasteiger charge is -2.08. The first-order chi connectivity index (χ1) is 7.18. The van der Waals surface area contributed by atoms with E-state index in [0.29, 0.717) is 19.1 Å². The molecule has 1 rings (SSSR count). The first-order valence-electron chi connectivity index (χ1n) is 5.05. The van der Waals surface area contributed by atoms with Gasteiger partial charge < -0.3 is 10.6 Å². The fourth-order valence-corrected chi connectivity index (χ4v) is 1.64. The van der Waals surface area contributed by atoms with E-state index in [1.54, 1.807) is 16.8 Å². The van der Waals surface area contributed by atoms with Crippen LogP contribution in [0.5, 0.6) is 0 Å². The second-order valence-electron chi connectivity index (χ2n) is 3.62. The highest BCUT2D eigenvalue weighted by Crippen LogP contribution is 2.00. The minimum atomic E-state index is 0.0407. The molecule has 0 saturated carbocycles. The van der Waals surface area contributed by atoms with Crippen LogP contribution in [0, 0.1) is 0 Å². The van der Waals surface area contributed by atoms with E-state index < -0.39 is 0 Å². The predicted molar refractivity (Wildman–Crippen MR) is 62.0 cm³/mol. The second kappa shape index (κ2) is 6.53. The normalized spacial score (nSPS) is 10.6. The van der Waals surface area contributed by atoms with E-state index >= 15 is 0 Å². The minimum Gasteiger partial charge on any atom is -0.355 e. The van der Waals surface area contributed by atoms with E-state index in [9.17, 15) is 4.79 Å². The molecule has 2 N–H and O–H groups in total. The molecule has 0 aliphatic heterocycles. The molecule has 0 radical (unpaired) electrons. The van der Waals surface area contributed by atoms with Gasteiger partial charge in [-0.05, 0) is 0 Å². The van der Waals surface area contributed by atoms with Crippen molar-refractivity contribution in [2.24, 2.45) is 0 Å². The van der Waals surface area contributed by atoms with Gasteiger partial charge in [-0.2, -0.15) is 0 Å². The third-order valence-electron chi connectivity index (χ3n) is 1.86. The Kier molecular flexibility index (Phi) is 5.28. The summed E-state index contributed by atoms with van der Waals surface area (Å²) < 4.78 is 0. The summed E-state index contributed by atoms with van der Waals surface area (Å²) in [5.74, 6) is 0.0407. The highest BCUT2D eigenvalue weighted by molar-refractivity contribution is 7.07. The molecule has 0 aromatic carbocycles. The van der Waals surface area contributed by atoms with Gasteiger partial charge in [0.15, 0.2) is 0 Å². The fraction of sp³-hybridized carbons (Fsp3) is 0.600. The van der Waals surface area contributed by atoms with E-state index in [4.69, 9.17) is 0 Å². The largest absolute Gasteiger partial charge is 0.355 e. The maximum Gasteiger partial charge on any atom is 0.233 e. The minimum absolute atomic E-state index is 0.0407. The van der Waals surface area contributed by atoms with Gasteiger partial charge in [0.2, 0.25) is 5.91 Å². The molecule has 0 aliphatic rings. The zero-order valence-electron chi connectivity index (χ0n) is 9.12. The Morgan fingerprint density at radius 1 is 1.60 bits per heavy atom. The van der Waals surface area contributed by atoms with E-state index in [1.165, 1.54) is 0 Å². The first-order valence-corrected chi connectivity index (χ1v) is 6.00. The van der Waals surface area contributed by atoms with Gasteiger partial charge in [0, 0.05) is 24.4 Å². The molecule has 1 aromatic heterocycles. The Bertz CT molecular complexity index is 285. The van der Waals surface area contributed by atoms with Crippen molar-refractivity contribution < 1.29 is 4.79 Å². The molecule has 1 aromatic rings. The van der Waals surface area contributed by atoms with Crippen LogP contribution >= 0.6 is 11.3 Å². The standard InChI is InChI=1S/C10H17N3OS/c1-8(2)12-5-10(14)11-4-3-9-6-15-7-13-9/h6-8,12H,3-5H2,1-2H3,(H,11,14). The van der Waals surface area contributed by atoms with Crippen molar-refractivity contribution in [1.82, 2.24) is 15.6 Å². The predicted octanol–water partition coefficient (Wildman–Crippen LogP) is 0.800. The van der Waals surface area contributed by atoms with Gasteiger partial charge >= 0.3 is 0 Å². The van der Waals surface area contributed by atoms with Gasteiger partial charge in [0.25, 0.3) is 0 Å². The first kappa shape index (κ1) is 12.1. The number of aromatic nitrogens is 1. The lowest BCUT2D eigenvalue weighted by Crippen LogP contribution is -2.37. The van der Waals surface area contributed by atoms with Crippen molar-refractivity contribution in [1.29, 1.82) is 0 Å². The van der Waals surface area contributed by atoms with E-state index in [-0.39, 0.29) is 5.91 Å². The number of amides is 1. The number of rotatable bonds is 6. The average molecular weight is 227 g/mol. The molecule has 0 aliphatic carbocycles. The summed E-state index contributed by atoms with van der Waals surface area (Å²) in [6.07, 6.45) is 0.802. The highest BCUT2D eigenvalue weighted by Gasteiger charge is 2.01. The molecule has 1 heterocycles. The van der Waals surface area contributed by atoms with Crippen LogP contribution in [0.2, 0.25) is 0 Å². The SMILES string of the molecule is CC(C)NCC(=O)NCCc1cscn1. The Hall–Kier alpha value is -0.940. The zero-order valence-corrected chi connectivity index (χ0v) is 9.93. The summed E-state index contributed by atoms with van der Waals surface area (Å²) in [6.45, 7) is 5.07. The molecular weight excluding hydrogens is 210 g/mol. The number of carbonyl (C=O) groups is 1. The Morgan fingerprint density at radius 3 is 3.00 bits per heavy atom. The van der Waals surface area contributed by atoms with Crippen LogP contribution in [-0.2, 0) is 11.2 Å². The second-order valence-corrected chi connectivity index (χ2v) is 4.33. The number of hydrogen-bond donors (Lipinski definition) is 2. The van der Waals surface area contributed by atoms with Crippen LogP contribution in [0.15, 0.2) is 10.9 Å². The molecule has 0 unspecified atom stereocenters. The quantitative estimate of drug-likeness (QED) is 0.756. The highest BCUT2D eigenvalue weighted by atomic mass is 32.1. The molecule has 0 atom stereocenters. The van der Waals surface area contributed by atoms with Crippen molar-refractivity contribution in [3.05, 3.63) is 16.6 Å². The van der Waals surface area contributed by atoms with Crippen LogP contribution < -0.4 is 10.6 Å². The van der Waals surface area contributed by atoms with E-state index in [0.717, 1.165) is 12.1 Å². The van der Waals surface area contributed by atoms with Crippen molar-refractivity contribution in [2.45, 2.75) is 26.3 Å². The lowest BCUT2D eigenvalue weighted by atomic mass is 10.3. The summed E-state index contributed by atoms with van der Waals surface area (Å²) in [4.78, 5) is 15.4. The summed E-state index contributed by atoms with van der Waals surface area (Å²) in [7, 11) is 0. The molecule has 15 heavy (non-hydrogen) atoms. The number of thiazole rings is 1. The van der Waals surface area contributed by atoms with Crippen LogP contribution in [0.25, 0.3) is 0 Å². The van der Waals surface area contributed by atoms with Gasteiger partial charge in [-0.25, -0.2) is 4.98 Å². The smallest absolute Gasteiger partial charge is 0.233 e. The third kappa shape index (κ3) is 5.49. The van der Waals surface area contributed by atoms with Gasteiger partial charge in [-0.3, -0.25) is 4.79 Å². The molecule has 4 nitrogen and oxygen atoms in total. The number of nitrogens with one attached hydrogen (secondary N) is 2. The summed E-state index contributed by atoms with van der Waals surface area (Å²) in [6, 6.07) is 0.342. The Balaban J connectivity index is 2.07. The van der Waals surface area contributed by atoms with E-state index in [1.807, 2.05) is 19.2 Å². The number of nitrogens with zero attached hydrogens (tertiary/aromatic N) is 1. The molecule has 84 valence electrons. The van der Waals surface area contributed by atoms with Crippen LogP contribution in [-0.4, -0.2) is 30.0 Å². The van der Waals surface area contributed by atoms with Gasteiger partial charge in [0.05, 0.1) is 17.7 Å². The van der Waals surface area contributed by atoms with Crippen molar-refractivity contribution in [3.8, 4) is 0 Å². The molecule has 0 saturated heterocycles. The molecule has 0 fully saturated rings. The van der Waals surface area contributed by atoms with Crippen LogP contribution in [0.1, 0.15) is 19.5 Å².